The molecule has 2 aliphatic rings. The van der Waals surface area contributed by atoms with Crippen LogP contribution in [-0.2, 0) is 37.9 Å². The maximum Gasteiger partial charge on any atom is 0.335 e. The SMILES string of the molecule is CC1(C)CC(C=C2Sc3ccc(S(=O)O)cc3N2CCCS(=O)(=O)O)=CC(=Cc2sc3ccc(C(=O)O)cc3[n+]2CCCS(=O)(=O)O)C1. The van der Waals surface area contributed by atoms with Crippen LogP contribution in [0.4, 0.5) is 5.69 Å². The highest BCUT2D eigenvalue weighted by Gasteiger charge is 2.30. The van der Waals surface area contributed by atoms with Crippen molar-refractivity contribution in [1.82, 2.24) is 0 Å². The third kappa shape index (κ3) is 9.20. The number of thioether (sulfide) groups is 1. The molecule has 0 saturated heterocycles. The number of carboxylic acid groups (broad SMARTS) is 1. The van der Waals surface area contributed by atoms with Crippen LogP contribution in [0.2, 0.25) is 0 Å². The van der Waals surface area contributed by atoms with Gasteiger partial charge in [-0.1, -0.05) is 43.0 Å². The number of aromatic nitrogens is 1. The lowest BCUT2D eigenvalue weighted by Crippen LogP contribution is -2.36. The number of hydrogen-bond donors (Lipinski definition) is 4. The van der Waals surface area contributed by atoms with E-state index in [1.807, 2.05) is 21.6 Å². The Morgan fingerprint density at radius 3 is 2.40 bits per heavy atom. The Morgan fingerprint density at radius 1 is 1.02 bits per heavy atom. The van der Waals surface area contributed by atoms with E-state index < -0.39 is 48.8 Å². The van der Waals surface area contributed by atoms with Crippen molar-refractivity contribution in [3.05, 3.63) is 75.3 Å². The Kier molecular flexibility index (Phi) is 10.7. The fourth-order valence-corrected chi connectivity index (χ4v) is 9.60. The normalized spacial score (nSPS) is 18.8. The number of benzene rings is 2. The molecular weight excluding hydrogens is 721 g/mol. The standard InChI is InChI=1S/C31H34N2O10S5/c1-31(2)18-20(14-28-32(9-3-11-47(38,39)40)24-16-22(30(34)35)5-7-26(24)44-28)13-21(19-31)15-29-33(10-4-12-48(41,42)43)25-17-23(46(36)37)6-8-27(25)45-29/h5-8,13-17H,3-4,9-12,18-19H2,1-2H3,(H3-,34,35,36,37,38,39,40,41,42,43)/p+1. The summed E-state index contributed by atoms with van der Waals surface area (Å²) in [6.45, 7) is 4.76. The summed E-state index contributed by atoms with van der Waals surface area (Å²) in [5.41, 5.74) is 3.23. The summed E-state index contributed by atoms with van der Waals surface area (Å²) >= 11 is 0.694. The molecule has 0 bridgehead atoms. The number of fused-ring (bicyclic) bond motifs is 2. The van der Waals surface area contributed by atoms with Gasteiger partial charge in [-0.15, -0.1) is 0 Å². The topological polar surface area (TPSA) is 190 Å². The number of nitrogens with zero attached hydrogens (tertiary/aromatic N) is 2. The van der Waals surface area contributed by atoms with E-state index in [9.17, 15) is 44.6 Å². The van der Waals surface area contributed by atoms with E-state index in [-0.39, 0.29) is 41.8 Å². The number of carbonyl (C=O) groups is 1. The average molecular weight is 756 g/mol. The molecule has 4 N–H and O–H groups in total. The van der Waals surface area contributed by atoms with Crippen molar-refractivity contribution in [2.24, 2.45) is 5.41 Å². The second kappa shape index (κ2) is 14.1. The van der Waals surface area contributed by atoms with Crippen LogP contribution in [0.15, 0.2) is 74.5 Å². The second-order valence-electron chi connectivity index (χ2n) is 12.4. The van der Waals surface area contributed by atoms with Gasteiger partial charge in [0.2, 0.25) is 5.52 Å². The number of rotatable bonds is 12. The molecule has 1 aliphatic carbocycles. The Balaban J connectivity index is 1.54. The van der Waals surface area contributed by atoms with E-state index in [1.54, 1.807) is 30.3 Å². The first-order valence-electron chi connectivity index (χ1n) is 14.8. The predicted molar refractivity (Wildman–Crippen MR) is 187 cm³/mol. The van der Waals surface area contributed by atoms with Gasteiger partial charge in [0.1, 0.15) is 4.70 Å². The first-order chi connectivity index (χ1) is 22.4. The molecule has 0 fully saturated rings. The summed E-state index contributed by atoms with van der Waals surface area (Å²) in [5, 5.41) is 11.2. The smallest absolute Gasteiger partial charge is 0.335 e. The lowest BCUT2D eigenvalue weighted by Gasteiger charge is -2.31. The van der Waals surface area contributed by atoms with Crippen LogP contribution < -0.4 is 9.47 Å². The summed E-state index contributed by atoms with van der Waals surface area (Å²) in [6, 6.07) is 9.74. The van der Waals surface area contributed by atoms with E-state index in [2.05, 4.69) is 19.9 Å². The molecule has 0 saturated carbocycles. The van der Waals surface area contributed by atoms with E-state index in [0.29, 0.717) is 11.2 Å². The lowest BCUT2D eigenvalue weighted by molar-refractivity contribution is -0.668. The summed E-state index contributed by atoms with van der Waals surface area (Å²) in [7, 11) is -8.36. The highest BCUT2D eigenvalue weighted by atomic mass is 32.2. The Bertz CT molecular complexity index is 2120. The molecule has 2 heterocycles. The Morgan fingerprint density at radius 2 is 1.73 bits per heavy atom. The third-order valence-electron chi connectivity index (χ3n) is 7.80. The number of hydrogen-bond acceptors (Lipinski definition) is 9. The predicted octanol–water partition coefficient (Wildman–Crippen LogP) is 5.61. The highest BCUT2D eigenvalue weighted by Crippen LogP contribution is 2.48. The van der Waals surface area contributed by atoms with Gasteiger partial charge in [0.25, 0.3) is 25.2 Å². The van der Waals surface area contributed by atoms with Crippen molar-refractivity contribution in [1.29, 1.82) is 0 Å². The van der Waals surface area contributed by atoms with Crippen molar-refractivity contribution < 1.29 is 49.2 Å². The molecule has 258 valence electrons. The summed E-state index contributed by atoms with van der Waals surface area (Å²) in [6.07, 6.45) is 7.80. The van der Waals surface area contributed by atoms with Crippen molar-refractivity contribution in [3.63, 3.8) is 0 Å². The molecular formula is C31H35N2O10S5+. The van der Waals surface area contributed by atoms with Gasteiger partial charge in [0.15, 0.2) is 17.6 Å². The van der Waals surface area contributed by atoms with Crippen molar-refractivity contribution >= 4 is 82.4 Å². The van der Waals surface area contributed by atoms with Crippen molar-refractivity contribution in [3.8, 4) is 0 Å². The minimum atomic E-state index is -4.18. The van der Waals surface area contributed by atoms with E-state index in [4.69, 9.17) is 0 Å². The monoisotopic (exact) mass is 755 g/mol. The van der Waals surface area contributed by atoms with Crippen LogP contribution in [0.1, 0.15) is 54.9 Å². The van der Waals surface area contributed by atoms with Crippen molar-refractivity contribution in [2.45, 2.75) is 55.9 Å². The zero-order valence-electron chi connectivity index (χ0n) is 26.0. The van der Waals surface area contributed by atoms with Gasteiger partial charge in [0, 0.05) is 30.0 Å². The van der Waals surface area contributed by atoms with E-state index in [1.165, 1.54) is 29.2 Å². The number of aryl methyl sites for hydroxylation is 1. The van der Waals surface area contributed by atoms with Gasteiger partial charge in [-0.2, -0.15) is 21.4 Å². The van der Waals surface area contributed by atoms with Gasteiger partial charge in [-0.05, 0) is 72.2 Å². The van der Waals surface area contributed by atoms with Gasteiger partial charge in [-0.25, -0.2) is 9.00 Å². The molecule has 1 aliphatic heterocycles. The van der Waals surface area contributed by atoms with Gasteiger partial charge >= 0.3 is 5.97 Å². The second-order valence-corrected chi connectivity index (χ2v) is 18.7. The average Bonchev–Trinajstić information content (AvgIpc) is 3.46. The molecule has 2 aromatic carbocycles. The molecule has 0 spiro atoms. The summed E-state index contributed by atoms with van der Waals surface area (Å²) in [4.78, 5) is 14.6. The van der Waals surface area contributed by atoms with E-state index in [0.717, 1.165) is 43.6 Å². The minimum absolute atomic E-state index is 0.101. The first-order valence-corrected chi connectivity index (χ1v) is 20.8. The molecule has 12 nitrogen and oxygen atoms in total. The largest absolute Gasteiger partial charge is 0.478 e. The summed E-state index contributed by atoms with van der Waals surface area (Å²) < 4.78 is 88.6. The molecule has 48 heavy (non-hydrogen) atoms. The molecule has 3 aromatic rings. The molecule has 1 unspecified atom stereocenters. The lowest BCUT2D eigenvalue weighted by atomic mass is 9.75. The molecule has 0 amide bonds. The molecule has 1 aromatic heterocycles. The number of carboxylic acids is 1. The number of thiazole rings is 1. The highest BCUT2D eigenvalue weighted by molar-refractivity contribution is 8.03. The van der Waals surface area contributed by atoms with Crippen LogP contribution in [0, 0.1) is 5.41 Å². The zero-order chi connectivity index (χ0) is 35.0. The van der Waals surface area contributed by atoms with E-state index >= 15 is 0 Å². The zero-order valence-corrected chi connectivity index (χ0v) is 30.1. The molecule has 1 atom stereocenters. The first kappa shape index (κ1) is 36.4. The molecule has 5 rings (SSSR count). The van der Waals surface area contributed by atoms with Crippen LogP contribution >= 0.6 is 23.1 Å². The maximum atomic E-state index is 11.8. The maximum absolute atomic E-state index is 11.8. The van der Waals surface area contributed by atoms with Crippen LogP contribution in [0.5, 0.6) is 0 Å². The number of anilines is 1. The number of allylic oxidation sites excluding steroid dienone is 4. The van der Waals surface area contributed by atoms with Crippen LogP contribution in [0.25, 0.3) is 16.3 Å². The van der Waals surface area contributed by atoms with Crippen molar-refractivity contribution in [2.75, 3.05) is 23.0 Å². The quantitative estimate of drug-likeness (QED) is 0.102. The fourth-order valence-electron chi connectivity index (χ4n) is 5.92. The fraction of sp³-hybridized carbons (Fsp3) is 0.355. The van der Waals surface area contributed by atoms with Crippen LogP contribution in [-0.4, -0.2) is 63.8 Å². The third-order valence-corrected chi connectivity index (χ3v) is 12.3. The van der Waals surface area contributed by atoms with Gasteiger partial charge in [-0.3, -0.25) is 9.11 Å². The minimum Gasteiger partial charge on any atom is -0.478 e. The summed E-state index contributed by atoms with van der Waals surface area (Å²) in [5.74, 6) is -1.95. The number of aromatic carboxylic acids is 1. The molecule has 17 heteroatoms. The van der Waals surface area contributed by atoms with Crippen LogP contribution in [0.3, 0.4) is 0 Å². The Hall–Kier alpha value is -2.90. The Labute approximate surface area is 289 Å². The van der Waals surface area contributed by atoms with Gasteiger partial charge < -0.3 is 14.6 Å². The molecule has 0 radical (unpaired) electrons. The van der Waals surface area contributed by atoms with Gasteiger partial charge in [0.05, 0.1) is 32.7 Å².